The van der Waals surface area contributed by atoms with E-state index in [0.717, 1.165) is 16.6 Å². The van der Waals surface area contributed by atoms with E-state index in [1.54, 1.807) is 34.4 Å². The molecule has 0 unspecified atom stereocenters. The Kier molecular flexibility index (Phi) is 6.40. The highest BCUT2D eigenvalue weighted by molar-refractivity contribution is 6.22. The molecular formula is C26H26N4O4. The Hall–Kier alpha value is -4.46. The molecule has 4 aromatic rings. The van der Waals surface area contributed by atoms with E-state index in [1.165, 1.54) is 4.90 Å². The van der Waals surface area contributed by atoms with Crippen LogP contribution in [0.15, 0.2) is 71.7 Å². The highest BCUT2D eigenvalue weighted by Gasteiger charge is 2.21. The number of fused-ring (bicyclic) bond motifs is 1. The number of aromatic nitrogens is 1. The van der Waals surface area contributed by atoms with Crippen molar-refractivity contribution in [3.05, 3.63) is 77.9 Å². The molecular weight excluding hydrogens is 432 g/mol. The Morgan fingerprint density at radius 3 is 2.26 bits per heavy atom. The number of nitrogens with one attached hydrogen (secondary N) is 2. The second kappa shape index (κ2) is 9.58. The molecule has 1 heterocycles. The number of nitrogens with zero attached hydrogens (tertiary/aromatic N) is 2. The Labute approximate surface area is 197 Å². The number of methoxy groups -OCH3 is 2. The fraction of sp³-hybridized carbons (Fsp3) is 0.154. The van der Waals surface area contributed by atoms with Gasteiger partial charge in [0, 0.05) is 36.8 Å². The zero-order chi connectivity index (χ0) is 24.2. The predicted octanol–water partition coefficient (Wildman–Crippen LogP) is 4.84. The summed E-state index contributed by atoms with van der Waals surface area (Å²) in [5.74, 6) is 1.09. The van der Waals surface area contributed by atoms with Crippen LogP contribution in [0.3, 0.4) is 0 Å². The molecule has 3 aromatic carbocycles. The molecule has 0 saturated heterocycles. The van der Waals surface area contributed by atoms with Gasteiger partial charge in [-0.1, -0.05) is 30.3 Å². The number of H-pyrrole nitrogens is 1. The van der Waals surface area contributed by atoms with Crippen LogP contribution in [-0.2, 0) is 0 Å². The number of carbonyl (C=O) groups is 1. The lowest BCUT2D eigenvalue weighted by atomic mass is 10.0. The first-order valence-corrected chi connectivity index (χ1v) is 10.6. The van der Waals surface area contributed by atoms with Gasteiger partial charge in [-0.15, -0.1) is 0 Å². The van der Waals surface area contributed by atoms with Crippen molar-refractivity contribution in [1.29, 1.82) is 0 Å². The molecule has 8 nitrogen and oxygen atoms in total. The minimum absolute atomic E-state index is 0.0103. The molecule has 0 atom stereocenters. The summed E-state index contributed by atoms with van der Waals surface area (Å²) < 4.78 is 10.9. The lowest BCUT2D eigenvalue weighted by Crippen LogP contribution is -2.34. The van der Waals surface area contributed by atoms with Crippen molar-refractivity contribution in [2.24, 2.45) is 4.99 Å². The second-order valence-electron chi connectivity index (χ2n) is 7.56. The molecule has 4 rings (SSSR count). The lowest BCUT2D eigenvalue weighted by Gasteiger charge is -2.16. The van der Waals surface area contributed by atoms with Gasteiger partial charge in [0.25, 0.3) is 0 Å². The number of aromatic amines is 1. The summed E-state index contributed by atoms with van der Waals surface area (Å²) in [5.41, 5.74) is 4.06. The van der Waals surface area contributed by atoms with Crippen molar-refractivity contribution in [3.63, 3.8) is 0 Å². The minimum atomic E-state index is -0.214. The zero-order valence-corrected chi connectivity index (χ0v) is 19.4. The van der Waals surface area contributed by atoms with E-state index in [4.69, 9.17) is 14.5 Å². The maximum atomic E-state index is 11.9. The van der Waals surface area contributed by atoms with Crippen LogP contribution in [0.4, 0.5) is 16.2 Å². The average molecular weight is 459 g/mol. The maximum Gasteiger partial charge on any atom is 0.321 e. The number of aliphatic imine (C=N–C) groups is 1. The SMILES string of the molecule is CNC(=O)N(C)c1ccc(N=C(c2ccccc2)c2c(O)[nH]c3cc(OC)c(OC)cc23)cc1. The van der Waals surface area contributed by atoms with Gasteiger partial charge in [-0.2, -0.15) is 0 Å². The first-order chi connectivity index (χ1) is 16.5. The number of urea groups is 1. The molecule has 3 N–H and O–H groups in total. The highest BCUT2D eigenvalue weighted by atomic mass is 16.5. The van der Waals surface area contributed by atoms with Crippen LogP contribution in [0.1, 0.15) is 11.1 Å². The van der Waals surface area contributed by atoms with Crippen molar-refractivity contribution in [2.75, 3.05) is 33.2 Å². The third-order valence-electron chi connectivity index (χ3n) is 5.56. The van der Waals surface area contributed by atoms with Gasteiger partial charge in [0.1, 0.15) is 0 Å². The van der Waals surface area contributed by atoms with Crippen molar-refractivity contribution >= 4 is 34.0 Å². The molecule has 34 heavy (non-hydrogen) atoms. The third kappa shape index (κ3) is 4.25. The third-order valence-corrected chi connectivity index (χ3v) is 5.56. The van der Waals surface area contributed by atoms with Gasteiger partial charge in [0.2, 0.25) is 0 Å². The Morgan fingerprint density at radius 2 is 1.65 bits per heavy atom. The lowest BCUT2D eigenvalue weighted by molar-refractivity contribution is 0.249. The molecule has 0 saturated carbocycles. The normalized spacial score (nSPS) is 11.4. The first-order valence-electron chi connectivity index (χ1n) is 10.6. The van der Waals surface area contributed by atoms with E-state index in [2.05, 4.69) is 10.3 Å². The smallest absolute Gasteiger partial charge is 0.321 e. The summed E-state index contributed by atoms with van der Waals surface area (Å²) in [7, 11) is 6.41. The van der Waals surface area contributed by atoms with Crippen LogP contribution in [0.25, 0.3) is 10.9 Å². The number of hydrogen-bond donors (Lipinski definition) is 3. The van der Waals surface area contributed by atoms with E-state index in [0.29, 0.717) is 34.0 Å². The van der Waals surface area contributed by atoms with Crippen LogP contribution in [-0.4, -0.2) is 50.1 Å². The van der Waals surface area contributed by atoms with Gasteiger partial charge >= 0.3 is 6.03 Å². The number of aromatic hydroxyl groups is 1. The van der Waals surface area contributed by atoms with Gasteiger partial charge in [-0.25, -0.2) is 9.79 Å². The van der Waals surface area contributed by atoms with Crippen molar-refractivity contribution < 1.29 is 19.4 Å². The van der Waals surface area contributed by atoms with E-state index in [9.17, 15) is 9.90 Å². The number of amides is 2. The standard InChI is InChI=1S/C26H26N4O4/c1-27-26(32)30(2)18-12-10-17(11-13-18)28-24(16-8-6-5-7-9-16)23-19-14-21(33-3)22(34-4)15-20(19)29-25(23)31/h5-15,29,31H,1-4H3,(H,27,32). The fourth-order valence-electron chi connectivity index (χ4n) is 3.77. The molecule has 1 aromatic heterocycles. The van der Waals surface area contributed by atoms with Crippen molar-refractivity contribution in [1.82, 2.24) is 10.3 Å². The molecule has 0 aliphatic carbocycles. The molecule has 0 radical (unpaired) electrons. The highest BCUT2D eigenvalue weighted by Crippen LogP contribution is 2.38. The van der Waals surface area contributed by atoms with Gasteiger partial charge < -0.3 is 24.9 Å². The van der Waals surface area contributed by atoms with E-state index < -0.39 is 0 Å². The minimum Gasteiger partial charge on any atom is -0.494 e. The molecule has 0 spiro atoms. The largest absolute Gasteiger partial charge is 0.494 e. The average Bonchev–Trinajstić information content (AvgIpc) is 3.20. The summed E-state index contributed by atoms with van der Waals surface area (Å²) in [6, 6.07) is 20.3. The van der Waals surface area contributed by atoms with Gasteiger partial charge in [0.15, 0.2) is 17.4 Å². The summed E-state index contributed by atoms with van der Waals surface area (Å²) >= 11 is 0. The van der Waals surface area contributed by atoms with E-state index >= 15 is 0 Å². The maximum absolute atomic E-state index is 11.9. The number of anilines is 1. The second-order valence-corrected chi connectivity index (χ2v) is 7.56. The quantitative estimate of drug-likeness (QED) is 0.360. The number of hydrogen-bond acceptors (Lipinski definition) is 5. The van der Waals surface area contributed by atoms with Crippen molar-refractivity contribution in [2.45, 2.75) is 0 Å². The van der Waals surface area contributed by atoms with Crippen LogP contribution in [0, 0.1) is 0 Å². The molecule has 0 bridgehead atoms. The zero-order valence-electron chi connectivity index (χ0n) is 19.4. The molecule has 8 heteroatoms. The Balaban J connectivity index is 1.87. The van der Waals surface area contributed by atoms with Crippen LogP contribution < -0.4 is 19.7 Å². The number of ether oxygens (including phenoxy) is 2. The van der Waals surface area contributed by atoms with Crippen LogP contribution in [0.5, 0.6) is 17.4 Å². The number of rotatable bonds is 6. The summed E-state index contributed by atoms with van der Waals surface area (Å²) in [6.45, 7) is 0. The number of benzene rings is 3. The number of carbonyl (C=O) groups excluding carboxylic acids is 1. The summed E-state index contributed by atoms with van der Waals surface area (Å²) in [5, 5.41) is 14.3. The topological polar surface area (TPSA) is 99.2 Å². The van der Waals surface area contributed by atoms with Gasteiger partial charge in [0.05, 0.1) is 36.7 Å². The summed E-state index contributed by atoms with van der Waals surface area (Å²) in [6.07, 6.45) is 0. The van der Waals surface area contributed by atoms with E-state index in [1.807, 2.05) is 60.7 Å². The molecule has 2 amide bonds. The van der Waals surface area contributed by atoms with Crippen LogP contribution >= 0.6 is 0 Å². The summed E-state index contributed by atoms with van der Waals surface area (Å²) in [4.78, 5) is 21.3. The van der Waals surface area contributed by atoms with E-state index in [-0.39, 0.29) is 11.9 Å². The fourth-order valence-corrected chi connectivity index (χ4v) is 3.77. The predicted molar refractivity (Wildman–Crippen MR) is 134 cm³/mol. The van der Waals surface area contributed by atoms with Crippen LogP contribution in [0.2, 0.25) is 0 Å². The molecule has 174 valence electrons. The Bertz CT molecular complexity index is 1340. The van der Waals surface area contributed by atoms with Crippen molar-refractivity contribution in [3.8, 4) is 17.4 Å². The first kappa shape index (κ1) is 22.7. The Morgan fingerprint density at radius 1 is 1.00 bits per heavy atom. The monoisotopic (exact) mass is 458 g/mol. The molecule has 0 aliphatic heterocycles. The molecule has 0 fully saturated rings. The molecule has 0 aliphatic rings. The van der Waals surface area contributed by atoms with Gasteiger partial charge in [-0.3, -0.25) is 4.90 Å². The van der Waals surface area contributed by atoms with Gasteiger partial charge in [-0.05, 0) is 30.3 Å².